The second-order valence-corrected chi connectivity index (χ2v) is 5.00. The van der Waals surface area contributed by atoms with Gasteiger partial charge in [-0.1, -0.05) is 6.92 Å². The van der Waals surface area contributed by atoms with Crippen LogP contribution in [0.1, 0.15) is 40.5 Å². The molecule has 0 radical (unpaired) electrons. The molecule has 0 aliphatic carbocycles. The molecule has 5 nitrogen and oxygen atoms in total. The number of hydrogen-bond acceptors (Lipinski definition) is 3. The monoisotopic (exact) mass is 243 g/mol. The molecule has 17 heavy (non-hydrogen) atoms. The first-order chi connectivity index (χ1) is 7.85. The first-order valence-corrected chi connectivity index (χ1v) is 6.13. The molecule has 0 atom stereocenters. The molecule has 0 spiro atoms. The molecule has 2 amide bonds. The molecule has 0 saturated carbocycles. The molecule has 100 valence electrons. The van der Waals surface area contributed by atoms with E-state index in [9.17, 15) is 9.59 Å². The van der Waals surface area contributed by atoms with Gasteiger partial charge in [-0.05, 0) is 27.3 Å². The van der Waals surface area contributed by atoms with Crippen LogP contribution in [0, 0.1) is 0 Å². The molecule has 0 fully saturated rings. The lowest BCUT2D eigenvalue weighted by Gasteiger charge is -2.20. The highest BCUT2D eigenvalue weighted by Gasteiger charge is 2.13. The van der Waals surface area contributed by atoms with E-state index >= 15 is 0 Å². The van der Waals surface area contributed by atoms with E-state index in [1.807, 2.05) is 27.7 Å². The Morgan fingerprint density at radius 1 is 1.00 bits per heavy atom. The fourth-order valence-corrected chi connectivity index (χ4v) is 1.26. The van der Waals surface area contributed by atoms with E-state index in [1.165, 1.54) is 0 Å². The van der Waals surface area contributed by atoms with E-state index in [1.54, 1.807) is 0 Å². The maximum atomic E-state index is 11.4. The van der Waals surface area contributed by atoms with E-state index in [0.717, 1.165) is 6.54 Å². The predicted octanol–water partition coefficient (Wildman–Crippen LogP) is 0.407. The molecule has 3 N–H and O–H groups in total. The number of hydrogen-bond donors (Lipinski definition) is 3. The van der Waals surface area contributed by atoms with Gasteiger partial charge in [0.25, 0.3) is 0 Å². The number of nitrogens with one attached hydrogen (secondary N) is 3. The van der Waals surface area contributed by atoms with Crippen molar-refractivity contribution in [3.63, 3.8) is 0 Å². The van der Waals surface area contributed by atoms with Gasteiger partial charge in [0.05, 0.1) is 0 Å². The lowest BCUT2D eigenvalue weighted by Crippen LogP contribution is -2.42. The molecule has 0 bridgehead atoms. The average Bonchev–Trinajstić information content (AvgIpc) is 2.15. The van der Waals surface area contributed by atoms with Crippen LogP contribution < -0.4 is 16.0 Å². The standard InChI is InChI=1S/C12H25N3O2/c1-5-13-8-6-10(16)14-9-7-11(17)15-12(2,3)4/h13H,5-9H2,1-4H3,(H,14,16)(H,15,17). The van der Waals surface area contributed by atoms with Gasteiger partial charge in [0.2, 0.25) is 11.8 Å². The minimum atomic E-state index is -0.216. The average molecular weight is 243 g/mol. The van der Waals surface area contributed by atoms with Crippen molar-refractivity contribution in [2.75, 3.05) is 19.6 Å². The Bertz CT molecular complexity index is 247. The Balaban J connectivity index is 3.56. The largest absolute Gasteiger partial charge is 0.356 e. The van der Waals surface area contributed by atoms with Crippen molar-refractivity contribution < 1.29 is 9.59 Å². The highest BCUT2D eigenvalue weighted by Crippen LogP contribution is 1.98. The topological polar surface area (TPSA) is 70.2 Å². The number of rotatable bonds is 7. The van der Waals surface area contributed by atoms with Gasteiger partial charge < -0.3 is 16.0 Å². The van der Waals surface area contributed by atoms with Crippen LogP contribution in [0.2, 0.25) is 0 Å². The predicted molar refractivity (Wildman–Crippen MR) is 68.7 cm³/mol. The van der Waals surface area contributed by atoms with Crippen LogP contribution in [0.3, 0.4) is 0 Å². The third kappa shape index (κ3) is 11.2. The third-order valence-electron chi connectivity index (χ3n) is 1.97. The molecule has 0 saturated heterocycles. The molecule has 0 aromatic carbocycles. The zero-order valence-electron chi connectivity index (χ0n) is 11.4. The number of amides is 2. The maximum Gasteiger partial charge on any atom is 0.222 e. The Kier molecular flexibility index (Phi) is 7.54. The summed E-state index contributed by atoms with van der Waals surface area (Å²) in [7, 11) is 0. The fourth-order valence-electron chi connectivity index (χ4n) is 1.26. The van der Waals surface area contributed by atoms with Crippen LogP contribution in [0.15, 0.2) is 0 Å². The van der Waals surface area contributed by atoms with Crippen molar-refractivity contribution in [1.82, 2.24) is 16.0 Å². The molecule has 0 aliphatic rings. The van der Waals surface area contributed by atoms with Crippen molar-refractivity contribution in [2.45, 2.75) is 46.1 Å². The van der Waals surface area contributed by atoms with Crippen LogP contribution >= 0.6 is 0 Å². The van der Waals surface area contributed by atoms with E-state index in [0.29, 0.717) is 25.9 Å². The minimum absolute atomic E-state index is 0.0190. The zero-order valence-corrected chi connectivity index (χ0v) is 11.4. The van der Waals surface area contributed by atoms with Gasteiger partial charge >= 0.3 is 0 Å². The van der Waals surface area contributed by atoms with E-state index in [2.05, 4.69) is 16.0 Å². The van der Waals surface area contributed by atoms with E-state index < -0.39 is 0 Å². The molecular weight excluding hydrogens is 218 g/mol. The molecule has 0 rings (SSSR count). The van der Waals surface area contributed by atoms with Gasteiger partial charge in [-0.2, -0.15) is 0 Å². The minimum Gasteiger partial charge on any atom is -0.356 e. The van der Waals surface area contributed by atoms with Gasteiger partial charge in [-0.15, -0.1) is 0 Å². The Morgan fingerprint density at radius 3 is 2.12 bits per heavy atom. The third-order valence-corrected chi connectivity index (χ3v) is 1.97. The number of carbonyl (C=O) groups is 2. The first-order valence-electron chi connectivity index (χ1n) is 6.13. The Labute approximate surface area is 104 Å². The molecule has 0 aliphatic heterocycles. The number of carbonyl (C=O) groups excluding carboxylic acids is 2. The van der Waals surface area contributed by atoms with Gasteiger partial charge in [0.15, 0.2) is 0 Å². The van der Waals surface area contributed by atoms with Crippen LogP contribution in [0.4, 0.5) is 0 Å². The van der Waals surface area contributed by atoms with E-state index in [4.69, 9.17) is 0 Å². The van der Waals surface area contributed by atoms with Crippen molar-refractivity contribution >= 4 is 11.8 Å². The van der Waals surface area contributed by atoms with Crippen LogP contribution in [0.5, 0.6) is 0 Å². The highest BCUT2D eigenvalue weighted by molar-refractivity contribution is 5.79. The van der Waals surface area contributed by atoms with Crippen LogP contribution in [-0.2, 0) is 9.59 Å². The molecular formula is C12H25N3O2. The Morgan fingerprint density at radius 2 is 1.59 bits per heavy atom. The van der Waals surface area contributed by atoms with Gasteiger partial charge in [0.1, 0.15) is 0 Å². The summed E-state index contributed by atoms with van der Waals surface area (Å²) in [6, 6.07) is 0. The second kappa shape index (κ2) is 8.06. The molecule has 0 aromatic heterocycles. The molecule has 0 heterocycles. The summed E-state index contributed by atoms with van der Waals surface area (Å²) in [5, 5.41) is 8.63. The van der Waals surface area contributed by atoms with Gasteiger partial charge in [-0.25, -0.2) is 0 Å². The second-order valence-electron chi connectivity index (χ2n) is 5.00. The SMILES string of the molecule is CCNCCC(=O)NCCC(=O)NC(C)(C)C. The summed E-state index contributed by atoms with van der Waals surface area (Å²) in [4.78, 5) is 22.7. The summed E-state index contributed by atoms with van der Waals surface area (Å²) in [5.41, 5.74) is -0.216. The van der Waals surface area contributed by atoms with Crippen LogP contribution in [-0.4, -0.2) is 37.0 Å². The lowest BCUT2D eigenvalue weighted by atomic mass is 10.1. The smallest absolute Gasteiger partial charge is 0.222 e. The zero-order chi connectivity index (χ0) is 13.3. The van der Waals surface area contributed by atoms with Gasteiger partial charge in [0, 0.05) is 31.5 Å². The van der Waals surface area contributed by atoms with Gasteiger partial charge in [-0.3, -0.25) is 9.59 Å². The molecule has 0 aromatic rings. The summed E-state index contributed by atoms with van der Waals surface area (Å²) < 4.78 is 0. The quantitative estimate of drug-likeness (QED) is 0.567. The summed E-state index contributed by atoms with van der Waals surface area (Å²) in [6.45, 7) is 9.72. The highest BCUT2D eigenvalue weighted by atomic mass is 16.2. The molecule has 0 unspecified atom stereocenters. The summed E-state index contributed by atoms with van der Waals surface area (Å²) in [5.74, 6) is -0.0565. The van der Waals surface area contributed by atoms with Crippen molar-refractivity contribution in [3.05, 3.63) is 0 Å². The summed E-state index contributed by atoms with van der Waals surface area (Å²) >= 11 is 0. The normalized spacial score (nSPS) is 11.1. The van der Waals surface area contributed by atoms with Crippen LogP contribution in [0.25, 0.3) is 0 Å². The fraction of sp³-hybridized carbons (Fsp3) is 0.833. The van der Waals surface area contributed by atoms with E-state index in [-0.39, 0.29) is 17.4 Å². The Hall–Kier alpha value is -1.10. The maximum absolute atomic E-state index is 11.4. The summed E-state index contributed by atoms with van der Waals surface area (Å²) in [6.07, 6.45) is 0.777. The van der Waals surface area contributed by atoms with Crippen molar-refractivity contribution in [1.29, 1.82) is 0 Å². The molecule has 5 heteroatoms. The van der Waals surface area contributed by atoms with Crippen molar-refractivity contribution in [3.8, 4) is 0 Å². The van der Waals surface area contributed by atoms with Crippen molar-refractivity contribution in [2.24, 2.45) is 0 Å². The first kappa shape index (κ1) is 15.9. The lowest BCUT2D eigenvalue weighted by molar-refractivity contribution is -0.123.